The first-order valence-electron chi connectivity index (χ1n) is 7.81. The van der Waals surface area contributed by atoms with Crippen LogP contribution in [0.2, 0.25) is 0 Å². The first-order chi connectivity index (χ1) is 12.0. The number of amides is 2. The first kappa shape index (κ1) is 18.7. The van der Waals surface area contributed by atoms with Gasteiger partial charge in [-0.3, -0.25) is 4.90 Å². The highest BCUT2D eigenvalue weighted by Gasteiger charge is 2.37. The van der Waals surface area contributed by atoms with Gasteiger partial charge in [-0.25, -0.2) is 14.0 Å². The molecule has 0 radical (unpaired) electrons. The van der Waals surface area contributed by atoms with Gasteiger partial charge in [0.25, 0.3) is 0 Å². The Hall–Kier alpha value is -2.67. The maximum atomic E-state index is 14.2. The number of urea groups is 1. The Morgan fingerprint density at radius 3 is 2.76 bits per heavy atom. The molecule has 0 saturated heterocycles. The largest absolute Gasteiger partial charge is 0.460 e. The molecule has 0 unspecified atom stereocenters. The third kappa shape index (κ3) is 4.06. The van der Waals surface area contributed by atoms with Gasteiger partial charge in [0.1, 0.15) is 12.4 Å². The molecule has 134 valence electrons. The first-order valence-corrected chi connectivity index (χ1v) is 7.81. The lowest BCUT2D eigenvalue weighted by atomic mass is 9.94. The molecule has 0 saturated carbocycles. The molecule has 0 fully saturated rings. The number of halogens is 1. The van der Waals surface area contributed by atoms with Crippen molar-refractivity contribution in [2.45, 2.75) is 13.0 Å². The van der Waals surface area contributed by atoms with Gasteiger partial charge in [0.2, 0.25) is 0 Å². The van der Waals surface area contributed by atoms with E-state index in [1.165, 1.54) is 24.1 Å². The zero-order valence-electron chi connectivity index (χ0n) is 14.3. The molecule has 1 aliphatic rings. The average molecular weight is 348 g/mol. The van der Waals surface area contributed by atoms with Crippen molar-refractivity contribution in [3.8, 4) is 0 Å². The van der Waals surface area contributed by atoms with Crippen molar-refractivity contribution in [3.63, 3.8) is 0 Å². The quantitative estimate of drug-likeness (QED) is 0.467. The van der Waals surface area contributed by atoms with Gasteiger partial charge in [0.05, 0.1) is 18.2 Å². The predicted octanol–water partition coefficient (Wildman–Crippen LogP) is 2.54. The van der Waals surface area contributed by atoms with Crippen molar-refractivity contribution in [1.82, 2.24) is 10.2 Å². The second-order valence-electron chi connectivity index (χ2n) is 5.43. The van der Waals surface area contributed by atoms with E-state index in [9.17, 15) is 14.0 Å². The second kappa shape index (κ2) is 8.43. The lowest BCUT2D eigenvalue weighted by Crippen LogP contribution is -2.48. The minimum atomic E-state index is -0.926. The van der Waals surface area contributed by atoms with E-state index >= 15 is 0 Å². The number of esters is 1. The number of rotatable bonds is 7. The van der Waals surface area contributed by atoms with Gasteiger partial charge >= 0.3 is 12.0 Å². The van der Waals surface area contributed by atoms with Gasteiger partial charge in [0, 0.05) is 24.9 Å². The van der Waals surface area contributed by atoms with Crippen LogP contribution in [0.3, 0.4) is 0 Å². The number of nitrogens with zero attached hydrogens (tertiary/aromatic N) is 1. The van der Waals surface area contributed by atoms with E-state index in [4.69, 9.17) is 9.47 Å². The fourth-order valence-electron chi connectivity index (χ4n) is 2.63. The fraction of sp³-hybridized carbons (Fsp3) is 0.333. The topological polar surface area (TPSA) is 67.9 Å². The summed E-state index contributed by atoms with van der Waals surface area (Å²) in [6.07, 6.45) is 1.54. The van der Waals surface area contributed by atoms with E-state index in [0.717, 1.165) is 0 Å². The Bertz CT molecular complexity index is 702. The number of ether oxygens (including phenoxy) is 2. The van der Waals surface area contributed by atoms with Crippen molar-refractivity contribution in [2.24, 2.45) is 0 Å². The van der Waals surface area contributed by atoms with Crippen molar-refractivity contribution in [1.29, 1.82) is 0 Å². The van der Waals surface area contributed by atoms with E-state index < -0.39 is 23.9 Å². The minimum Gasteiger partial charge on any atom is -0.460 e. The van der Waals surface area contributed by atoms with Crippen LogP contribution < -0.4 is 5.32 Å². The van der Waals surface area contributed by atoms with Crippen LogP contribution >= 0.6 is 0 Å². The molecule has 7 heteroatoms. The van der Waals surface area contributed by atoms with E-state index in [-0.39, 0.29) is 30.9 Å². The third-order valence-electron chi connectivity index (χ3n) is 3.86. The van der Waals surface area contributed by atoms with Crippen LogP contribution in [0.1, 0.15) is 18.5 Å². The monoisotopic (exact) mass is 348 g/mol. The summed E-state index contributed by atoms with van der Waals surface area (Å²) in [5.74, 6) is -1.14. The molecule has 2 amide bonds. The summed E-state index contributed by atoms with van der Waals surface area (Å²) in [6.45, 7) is 5.76. The molecule has 0 spiro atoms. The zero-order valence-corrected chi connectivity index (χ0v) is 14.3. The molecule has 1 heterocycles. The molecule has 6 nitrogen and oxygen atoms in total. The second-order valence-corrected chi connectivity index (χ2v) is 5.43. The minimum absolute atomic E-state index is 0.0610. The highest BCUT2D eigenvalue weighted by molar-refractivity contribution is 5.95. The Morgan fingerprint density at radius 2 is 2.12 bits per heavy atom. The number of nitrogens with one attached hydrogen (secondary N) is 1. The van der Waals surface area contributed by atoms with Crippen LogP contribution in [-0.4, -0.2) is 43.8 Å². The maximum Gasteiger partial charge on any atom is 0.338 e. The lowest BCUT2D eigenvalue weighted by molar-refractivity contribution is -0.140. The Labute approximate surface area is 145 Å². The fourth-order valence-corrected chi connectivity index (χ4v) is 2.63. The van der Waals surface area contributed by atoms with E-state index in [0.29, 0.717) is 5.70 Å². The zero-order chi connectivity index (χ0) is 18.4. The maximum absolute atomic E-state index is 14.2. The van der Waals surface area contributed by atoms with Crippen LogP contribution in [0.5, 0.6) is 0 Å². The van der Waals surface area contributed by atoms with Gasteiger partial charge in [0.15, 0.2) is 0 Å². The van der Waals surface area contributed by atoms with E-state index in [1.807, 2.05) is 0 Å². The molecule has 0 bridgehead atoms. The van der Waals surface area contributed by atoms with Crippen molar-refractivity contribution < 1.29 is 23.5 Å². The molecule has 2 rings (SSSR count). The molecule has 1 aliphatic heterocycles. The molecular weight excluding hydrogens is 327 g/mol. The van der Waals surface area contributed by atoms with Gasteiger partial charge in [-0.15, -0.1) is 6.58 Å². The van der Waals surface area contributed by atoms with Crippen LogP contribution in [0.4, 0.5) is 9.18 Å². The van der Waals surface area contributed by atoms with Gasteiger partial charge in [-0.05, 0) is 13.0 Å². The van der Waals surface area contributed by atoms with Gasteiger partial charge in [-0.2, -0.15) is 0 Å². The number of carbonyl (C=O) groups excluding carboxylic acids is 2. The highest BCUT2D eigenvalue weighted by Crippen LogP contribution is 2.32. The van der Waals surface area contributed by atoms with E-state index in [2.05, 4.69) is 11.9 Å². The van der Waals surface area contributed by atoms with Crippen molar-refractivity contribution in [3.05, 3.63) is 59.6 Å². The molecule has 0 aromatic heterocycles. The Morgan fingerprint density at radius 1 is 1.40 bits per heavy atom. The Balaban J connectivity index is 2.45. The number of methoxy groups -OCH3 is 1. The van der Waals surface area contributed by atoms with Gasteiger partial charge in [-0.1, -0.05) is 24.3 Å². The van der Waals surface area contributed by atoms with Crippen molar-refractivity contribution in [2.75, 3.05) is 26.9 Å². The van der Waals surface area contributed by atoms with E-state index in [1.54, 1.807) is 25.1 Å². The predicted molar refractivity (Wildman–Crippen MR) is 90.1 cm³/mol. The molecule has 1 aromatic carbocycles. The van der Waals surface area contributed by atoms with Crippen LogP contribution in [0.25, 0.3) is 0 Å². The smallest absolute Gasteiger partial charge is 0.338 e. The summed E-state index contributed by atoms with van der Waals surface area (Å²) in [7, 11) is 1.49. The number of allylic oxidation sites excluding steroid dienone is 1. The molecule has 25 heavy (non-hydrogen) atoms. The summed E-state index contributed by atoms with van der Waals surface area (Å²) in [6, 6.07) is 4.63. The Kier molecular flexibility index (Phi) is 6.30. The number of hydrogen-bond donors (Lipinski definition) is 1. The van der Waals surface area contributed by atoms with Gasteiger partial charge < -0.3 is 14.8 Å². The summed E-state index contributed by atoms with van der Waals surface area (Å²) in [4.78, 5) is 26.3. The summed E-state index contributed by atoms with van der Waals surface area (Å²) in [5.41, 5.74) is 0.786. The lowest BCUT2D eigenvalue weighted by Gasteiger charge is -2.35. The molecule has 1 atom stereocenters. The average Bonchev–Trinajstić information content (AvgIpc) is 2.58. The third-order valence-corrected chi connectivity index (χ3v) is 3.86. The molecule has 1 aromatic rings. The summed E-state index contributed by atoms with van der Waals surface area (Å²) < 4.78 is 24.3. The number of benzene rings is 1. The van der Waals surface area contributed by atoms with Crippen LogP contribution in [-0.2, 0) is 14.3 Å². The van der Waals surface area contributed by atoms with Crippen molar-refractivity contribution >= 4 is 12.0 Å². The van der Waals surface area contributed by atoms with Crippen LogP contribution in [0.15, 0.2) is 48.2 Å². The SMILES string of the molecule is C=CCN1C(=O)N[C@@H](c2ccccc2F)C(C(=O)OCCOC)=C1C. The number of carbonyl (C=O) groups is 2. The number of hydrogen-bond acceptors (Lipinski definition) is 4. The summed E-state index contributed by atoms with van der Waals surface area (Å²) in [5, 5.41) is 2.67. The molecular formula is C18H21FN2O4. The summed E-state index contributed by atoms with van der Waals surface area (Å²) >= 11 is 0. The van der Waals surface area contributed by atoms with Crippen LogP contribution in [0, 0.1) is 5.82 Å². The highest BCUT2D eigenvalue weighted by atomic mass is 19.1. The molecule has 1 N–H and O–H groups in total. The standard InChI is InChI=1S/C18H21FN2O4/c1-4-9-21-12(2)15(17(22)25-11-10-24-3)16(20-18(21)23)13-7-5-6-8-14(13)19/h4-8,16H,1,9-11H2,2-3H3,(H,20,23)/t16-/m0/s1. The normalized spacial score (nSPS) is 17.3. The molecule has 0 aliphatic carbocycles.